The molecule has 0 rings (SSSR count). The normalized spacial score (nSPS) is 14.5. The van der Waals surface area contributed by atoms with E-state index >= 15 is 0 Å². The molecule has 0 spiro atoms. The van der Waals surface area contributed by atoms with Crippen LogP contribution in [0.1, 0.15) is 104 Å². The van der Waals surface area contributed by atoms with Gasteiger partial charge in [0, 0.05) is 32.5 Å². The smallest absolute Gasteiger partial charge is 0.326 e. The highest BCUT2D eigenvalue weighted by Crippen LogP contribution is 2.11. The molecule has 0 saturated heterocycles. The minimum Gasteiger partial charge on any atom is -0.481 e. The summed E-state index contributed by atoms with van der Waals surface area (Å²) < 4.78 is 0. The maximum Gasteiger partial charge on any atom is 0.326 e. The van der Waals surface area contributed by atoms with Gasteiger partial charge in [-0.15, -0.1) is 0 Å². The summed E-state index contributed by atoms with van der Waals surface area (Å²) in [4.78, 5) is 143. The number of guanidine groups is 3. The Morgan fingerprint density at radius 3 is 1.12 bits per heavy atom. The van der Waals surface area contributed by atoms with E-state index in [4.69, 9.17) is 45.9 Å². The quantitative estimate of drug-likeness (QED) is 0.0154. The third-order valence-electron chi connectivity index (χ3n) is 10.9. The molecule has 0 heterocycles. The highest BCUT2D eigenvalue weighted by atomic mass is 16.4. The van der Waals surface area contributed by atoms with Crippen molar-refractivity contribution in [3.63, 3.8) is 0 Å². The topological polar surface area (TPSA) is 581 Å². The molecule has 0 radical (unpaired) electrons. The van der Waals surface area contributed by atoms with Crippen LogP contribution in [-0.4, -0.2) is 178 Å². The maximum absolute atomic E-state index is 14.1. The Kier molecular flexibility index (Phi) is 32.6. The molecule has 32 heteroatoms. The van der Waals surface area contributed by atoms with Gasteiger partial charge in [0.2, 0.25) is 41.4 Å². The number of aliphatic imine (C=N–C) groups is 3. The Balaban J connectivity index is 6.72. The number of aliphatic hydroxyl groups excluding tert-OH is 1. The van der Waals surface area contributed by atoms with E-state index < -0.39 is 145 Å². The Labute approximate surface area is 433 Å². The summed E-state index contributed by atoms with van der Waals surface area (Å²) in [5.41, 5.74) is 43.9. The van der Waals surface area contributed by atoms with Crippen LogP contribution in [0.3, 0.4) is 0 Å². The highest BCUT2D eigenvalue weighted by molar-refractivity contribution is 5.98. The van der Waals surface area contributed by atoms with Crippen LogP contribution >= 0.6 is 0 Å². The van der Waals surface area contributed by atoms with Gasteiger partial charge in [-0.3, -0.25) is 58.1 Å². The van der Waals surface area contributed by atoms with E-state index in [0.717, 1.165) is 6.92 Å². The van der Waals surface area contributed by atoms with Gasteiger partial charge in [0.25, 0.3) is 0 Å². The lowest BCUT2D eigenvalue weighted by Crippen LogP contribution is -2.62. The molecule has 0 fully saturated rings. The lowest BCUT2D eigenvalue weighted by Gasteiger charge is -2.29. The number of hydrogen-bond acceptors (Lipinski definition) is 16. The minimum absolute atomic E-state index is 0.0213. The number of aliphatic hydroxyl groups is 1. The first-order chi connectivity index (χ1) is 35.1. The molecule has 75 heavy (non-hydrogen) atoms. The molecule has 0 aliphatic carbocycles. The number of hydrogen-bond donors (Lipinski definition) is 19. The average molecular weight is 1070 g/mol. The first kappa shape index (κ1) is 67.4. The van der Waals surface area contributed by atoms with Crippen LogP contribution in [0, 0.1) is 5.92 Å². The highest BCUT2D eigenvalue weighted by Gasteiger charge is 2.37. The lowest BCUT2D eigenvalue weighted by molar-refractivity contribution is -0.143. The molecule has 0 aromatic rings. The van der Waals surface area contributed by atoms with Gasteiger partial charge in [0.05, 0.1) is 12.1 Å². The number of carboxylic acid groups (broad SMARTS) is 3. The van der Waals surface area contributed by atoms with Crippen LogP contribution in [0.2, 0.25) is 0 Å². The number of unbranched alkanes of at least 4 members (excludes halogenated alkanes) is 1. The van der Waals surface area contributed by atoms with E-state index in [1.807, 2.05) is 0 Å². The van der Waals surface area contributed by atoms with Gasteiger partial charge in [0.15, 0.2) is 17.9 Å². The predicted octanol–water partition coefficient (Wildman–Crippen LogP) is -7.15. The fraction of sp³-hybridized carbons (Fsp3) is 0.698. The minimum atomic E-state index is -1.91. The second-order valence-electron chi connectivity index (χ2n) is 17.7. The number of rotatable bonds is 39. The van der Waals surface area contributed by atoms with E-state index in [0.29, 0.717) is 19.4 Å². The number of aliphatic carboxylic acids is 3. The number of carbonyl (C=O) groups excluding carboxylic acids is 7. The molecule has 32 nitrogen and oxygen atoms in total. The molecule has 0 aliphatic heterocycles. The van der Waals surface area contributed by atoms with E-state index in [9.17, 15) is 68.4 Å². The number of amides is 7. The Morgan fingerprint density at radius 2 is 0.760 bits per heavy atom. The molecule has 9 atom stereocenters. The van der Waals surface area contributed by atoms with Gasteiger partial charge < -0.3 is 104 Å². The maximum atomic E-state index is 14.1. The summed E-state index contributed by atoms with van der Waals surface area (Å²) in [6, 6.07) is -12.2. The van der Waals surface area contributed by atoms with Gasteiger partial charge in [0.1, 0.15) is 42.3 Å². The summed E-state index contributed by atoms with van der Waals surface area (Å²) in [5.74, 6) is -12.9. The summed E-state index contributed by atoms with van der Waals surface area (Å²) in [7, 11) is 0. The van der Waals surface area contributed by atoms with Crippen molar-refractivity contribution in [3.05, 3.63) is 0 Å². The van der Waals surface area contributed by atoms with Crippen molar-refractivity contribution in [2.24, 2.45) is 66.8 Å². The van der Waals surface area contributed by atoms with Gasteiger partial charge in [-0.1, -0.05) is 20.3 Å². The van der Waals surface area contributed by atoms with Gasteiger partial charge >= 0.3 is 17.9 Å². The SMILES string of the molecule is CC(C)[C@H](NC(=O)[C@@H](NC(=O)[C@H](CCC(=O)O)NC(=O)[C@H](CCCN=C(N)N)NC(=O)[C@H](CCCN=C(N)N)NC(=O)[C@@H](N)CCCCN)[C@@H](C)O)C(=O)N[C@@H](CCC(=O)O)C(=O)N[C@@H](CCCN=C(N)N)C(=O)O. The van der Waals surface area contributed by atoms with Crippen LogP contribution in [0.4, 0.5) is 0 Å². The van der Waals surface area contributed by atoms with E-state index in [2.05, 4.69) is 52.2 Å². The molecule has 27 N–H and O–H groups in total. The van der Waals surface area contributed by atoms with Gasteiger partial charge in [-0.25, -0.2) is 4.79 Å². The van der Waals surface area contributed by atoms with Gasteiger partial charge in [-0.05, 0) is 83.6 Å². The van der Waals surface area contributed by atoms with E-state index in [-0.39, 0.29) is 82.5 Å². The van der Waals surface area contributed by atoms with Crippen molar-refractivity contribution < 1.29 is 68.4 Å². The molecule has 0 bridgehead atoms. The van der Waals surface area contributed by atoms with Crippen molar-refractivity contribution in [1.29, 1.82) is 0 Å². The summed E-state index contributed by atoms with van der Waals surface area (Å²) in [6.45, 7) is 4.43. The zero-order valence-corrected chi connectivity index (χ0v) is 42.6. The fourth-order valence-corrected chi connectivity index (χ4v) is 6.81. The number of carbonyl (C=O) groups is 10. The average Bonchev–Trinajstić information content (AvgIpc) is 3.31. The molecule has 0 saturated carbocycles. The first-order valence-corrected chi connectivity index (χ1v) is 24.2. The van der Waals surface area contributed by atoms with Crippen molar-refractivity contribution in [3.8, 4) is 0 Å². The molecular weight excluding hydrogens is 993 g/mol. The third-order valence-corrected chi connectivity index (χ3v) is 10.9. The van der Waals surface area contributed by atoms with Crippen molar-refractivity contribution in [2.45, 2.75) is 159 Å². The standard InChI is InChI=1S/C43H80N18O14/c1-21(2)31(38(72)58-26(13-15-29(63)64)36(70)59-28(40(74)75)12-8-20-54-43(50)51)60-39(73)32(22(3)62)61-37(71)27(14-16-30(65)66)57-35(69)25(11-7-19-53-42(48)49)56-34(68)24(10-6-18-52-41(46)47)55-33(67)23(45)9-4-5-17-44/h21-28,31-32,62H,4-20,44-45H2,1-3H3,(H,55,67)(H,56,68)(H,57,69)(H,58,72)(H,59,70)(H,60,73)(H,61,71)(H,63,64)(H,65,66)(H,74,75)(H4,46,47,52)(H4,48,49,53)(H4,50,51,54)/t22-,23+,24+,25+,26+,27+,28+,31+,32+/m1/s1. The largest absolute Gasteiger partial charge is 0.481 e. The van der Waals surface area contributed by atoms with Crippen molar-refractivity contribution in [2.75, 3.05) is 26.2 Å². The van der Waals surface area contributed by atoms with Crippen LogP contribution in [-0.2, 0) is 47.9 Å². The van der Waals surface area contributed by atoms with Gasteiger partial charge in [-0.2, -0.15) is 0 Å². The van der Waals surface area contributed by atoms with Crippen LogP contribution in [0.15, 0.2) is 15.0 Å². The lowest BCUT2D eigenvalue weighted by atomic mass is 10.0. The fourth-order valence-electron chi connectivity index (χ4n) is 6.81. The van der Waals surface area contributed by atoms with Crippen LogP contribution < -0.4 is 83.1 Å². The summed E-state index contributed by atoms with van der Waals surface area (Å²) in [6.07, 6.45) is -2.95. The second kappa shape index (κ2) is 36.3. The van der Waals surface area contributed by atoms with E-state index in [1.165, 1.54) is 13.8 Å². The molecule has 0 aliphatic rings. The van der Waals surface area contributed by atoms with Crippen molar-refractivity contribution >= 4 is 77.1 Å². The zero-order chi connectivity index (χ0) is 57.4. The molecule has 0 aromatic carbocycles. The number of nitrogens with two attached hydrogens (primary N) is 8. The number of nitrogens with zero attached hydrogens (tertiary/aromatic N) is 3. The zero-order valence-electron chi connectivity index (χ0n) is 42.6. The monoisotopic (exact) mass is 1070 g/mol. The van der Waals surface area contributed by atoms with Crippen molar-refractivity contribution in [1.82, 2.24) is 37.2 Å². The Bertz CT molecular complexity index is 1990. The van der Waals surface area contributed by atoms with E-state index in [1.54, 1.807) is 0 Å². The summed E-state index contributed by atoms with van der Waals surface area (Å²) in [5, 5.41) is 56.1. The molecule has 0 unspecified atom stereocenters. The predicted molar refractivity (Wildman–Crippen MR) is 272 cm³/mol. The third kappa shape index (κ3) is 29.6. The molecule has 7 amide bonds. The first-order valence-electron chi connectivity index (χ1n) is 24.2. The molecule has 426 valence electrons. The van der Waals surface area contributed by atoms with Crippen LogP contribution in [0.5, 0.6) is 0 Å². The number of nitrogens with one attached hydrogen (secondary N) is 7. The van der Waals surface area contributed by atoms with Crippen LogP contribution in [0.25, 0.3) is 0 Å². The second-order valence-corrected chi connectivity index (χ2v) is 17.7. The number of carboxylic acids is 3. The molecule has 0 aromatic heterocycles. The Hall–Kier alpha value is -7.61. The molecular formula is C43H80N18O14. The summed E-state index contributed by atoms with van der Waals surface area (Å²) >= 11 is 0. The Morgan fingerprint density at radius 1 is 0.427 bits per heavy atom.